The van der Waals surface area contributed by atoms with Gasteiger partial charge >= 0.3 is 5.97 Å². The van der Waals surface area contributed by atoms with Gasteiger partial charge in [0.05, 0.1) is 23.6 Å². The Morgan fingerprint density at radius 1 is 1.27 bits per heavy atom. The Kier molecular flexibility index (Phi) is 7.87. The zero-order valence-electron chi connectivity index (χ0n) is 19.5. The molecule has 2 saturated heterocycles. The van der Waals surface area contributed by atoms with E-state index in [1.54, 1.807) is 0 Å². The smallest absolute Gasteiger partial charge is 0.343 e. The summed E-state index contributed by atoms with van der Waals surface area (Å²) in [5.74, 6) is -2.27. The maximum Gasteiger partial charge on any atom is 0.343 e. The Morgan fingerprint density at radius 2 is 2.00 bits per heavy atom. The number of benzene rings is 1. The summed E-state index contributed by atoms with van der Waals surface area (Å²) >= 11 is 2.54. The predicted molar refractivity (Wildman–Crippen MR) is 134 cm³/mol. The first kappa shape index (κ1) is 27.0. The van der Waals surface area contributed by atoms with E-state index in [0.29, 0.717) is 5.56 Å². The van der Waals surface area contributed by atoms with Crippen LogP contribution in [-0.4, -0.2) is 71.1 Å². The van der Waals surface area contributed by atoms with Crippen LogP contribution < -0.4 is 5.32 Å². The number of thioether (sulfide) groups is 1. The van der Waals surface area contributed by atoms with Crippen LogP contribution in [-0.2, 0) is 46.4 Å². The number of hydrogen-bond acceptors (Lipinski definition) is 11. The van der Waals surface area contributed by atoms with Crippen molar-refractivity contribution in [1.82, 2.24) is 10.2 Å². The third-order valence-corrected chi connectivity index (χ3v) is 9.47. The van der Waals surface area contributed by atoms with Crippen LogP contribution >= 0.6 is 23.1 Å². The zero-order valence-corrected chi connectivity index (χ0v) is 22.0. The van der Waals surface area contributed by atoms with Crippen molar-refractivity contribution in [3.63, 3.8) is 0 Å². The molecule has 0 radical (unpaired) electrons. The molecule has 15 heteroatoms. The summed E-state index contributed by atoms with van der Waals surface area (Å²) in [6.45, 7) is 0.717. The lowest BCUT2D eigenvalue weighted by atomic mass is 9.99. The van der Waals surface area contributed by atoms with Crippen molar-refractivity contribution in [3.8, 4) is 0 Å². The Balaban J connectivity index is 1.44. The van der Waals surface area contributed by atoms with E-state index in [4.69, 9.17) is 8.92 Å². The van der Waals surface area contributed by atoms with Crippen LogP contribution in [0.1, 0.15) is 17.4 Å². The van der Waals surface area contributed by atoms with Crippen molar-refractivity contribution in [2.24, 2.45) is 0 Å². The summed E-state index contributed by atoms with van der Waals surface area (Å²) in [7, 11) is -4.11. The fraction of sp³-hybridized carbons (Fsp3) is 0.409. The van der Waals surface area contributed by atoms with Gasteiger partial charge in [0.2, 0.25) is 17.4 Å². The molecule has 2 unspecified atom stereocenters. The number of hydrogen-bond donors (Lipinski definition) is 1. The molecule has 2 amide bonds. The average Bonchev–Trinajstić information content (AvgIpc) is 3.38. The van der Waals surface area contributed by atoms with Crippen molar-refractivity contribution >= 4 is 56.7 Å². The first-order valence-corrected chi connectivity index (χ1v) is 14.6. The van der Waals surface area contributed by atoms with E-state index in [0.717, 1.165) is 16.6 Å². The highest BCUT2D eigenvalue weighted by atomic mass is 32.2. The summed E-state index contributed by atoms with van der Waals surface area (Å²) in [5.41, 5.74) is -1.66. The Labute approximate surface area is 220 Å². The van der Waals surface area contributed by atoms with Crippen LogP contribution in [0.4, 0.5) is 5.69 Å². The van der Waals surface area contributed by atoms with Gasteiger partial charge in [-0.2, -0.15) is 8.42 Å². The number of esters is 1. The molecule has 2 aliphatic heterocycles. The Bertz CT molecular complexity index is 1300. The number of carbonyl (C=O) groups is 3. The van der Waals surface area contributed by atoms with Gasteiger partial charge in [-0.25, -0.2) is 8.98 Å². The molecule has 2 aliphatic rings. The van der Waals surface area contributed by atoms with E-state index in [1.807, 2.05) is 17.5 Å². The molecular formula is C22H23N3O9S3. The molecular weight excluding hydrogens is 546 g/mol. The van der Waals surface area contributed by atoms with Crippen molar-refractivity contribution in [3.05, 3.63) is 62.3 Å². The molecule has 198 valence electrons. The highest BCUT2D eigenvalue weighted by Gasteiger charge is 2.60. The molecule has 2 aromatic rings. The van der Waals surface area contributed by atoms with Gasteiger partial charge in [-0.3, -0.25) is 19.7 Å². The molecule has 1 aromatic heterocycles. The maximum absolute atomic E-state index is 13.1. The van der Waals surface area contributed by atoms with Crippen LogP contribution in [0, 0.1) is 10.1 Å². The fourth-order valence-corrected chi connectivity index (χ4v) is 6.86. The number of thiophene rings is 1. The summed E-state index contributed by atoms with van der Waals surface area (Å²) < 4.78 is 35.3. The third-order valence-electron chi connectivity index (χ3n) is 5.81. The second-order valence-corrected chi connectivity index (χ2v) is 12.4. The topological polar surface area (TPSA) is 162 Å². The molecule has 1 N–H and O–H groups in total. The summed E-state index contributed by atoms with van der Waals surface area (Å²) in [5, 5.41) is 14.9. The first-order chi connectivity index (χ1) is 17.5. The molecule has 12 nitrogen and oxygen atoms in total. The lowest BCUT2D eigenvalue weighted by Crippen LogP contribution is -2.75. The number of nitro groups is 1. The molecule has 37 heavy (non-hydrogen) atoms. The first-order valence-electron chi connectivity index (χ1n) is 11.1. The highest BCUT2D eigenvalue weighted by Crippen LogP contribution is 2.41. The van der Waals surface area contributed by atoms with Crippen LogP contribution in [0.2, 0.25) is 0 Å². The summed E-state index contributed by atoms with van der Waals surface area (Å²) in [6.07, 6.45) is 0.135. The van der Waals surface area contributed by atoms with E-state index in [9.17, 15) is 32.9 Å². The molecule has 3 heterocycles. The van der Waals surface area contributed by atoms with Gasteiger partial charge in [0.25, 0.3) is 15.8 Å². The van der Waals surface area contributed by atoms with Crippen LogP contribution in [0.5, 0.6) is 0 Å². The molecule has 0 aliphatic carbocycles. The monoisotopic (exact) mass is 569 g/mol. The number of amides is 2. The van der Waals surface area contributed by atoms with Crippen molar-refractivity contribution in [2.75, 3.05) is 18.1 Å². The second-order valence-electron chi connectivity index (χ2n) is 8.39. The minimum absolute atomic E-state index is 0.128. The van der Waals surface area contributed by atoms with Crippen molar-refractivity contribution < 1.29 is 36.6 Å². The SMILES string of the molecule is CCS(=O)(=O)OC1(C(=O)OCc2ccc([N+](=O)[O-])cc2)CS[C@@H]2C(NC(=O)Cc3cccs3)C(=O)N2C1. The molecule has 3 atom stereocenters. The van der Waals surface area contributed by atoms with E-state index in [2.05, 4.69) is 5.32 Å². The maximum atomic E-state index is 13.1. The zero-order chi connectivity index (χ0) is 26.8. The molecule has 0 spiro atoms. The number of nitro benzene ring substituents is 1. The van der Waals surface area contributed by atoms with Gasteiger partial charge < -0.3 is 15.0 Å². The minimum atomic E-state index is -4.11. The number of β-lactam (4-membered cyclic amide) rings is 1. The number of nitrogens with zero attached hydrogens (tertiary/aromatic N) is 2. The van der Waals surface area contributed by atoms with E-state index in [1.165, 1.54) is 47.4 Å². The van der Waals surface area contributed by atoms with Crippen molar-refractivity contribution in [2.45, 2.75) is 37.0 Å². The molecule has 0 saturated carbocycles. The van der Waals surface area contributed by atoms with E-state index < -0.39 is 49.7 Å². The average molecular weight is 570 g/mol. The van der Waals surface area contributed by atoms with Crippen molar-refractivity contribution in [1.29, 1.82) is 0 Å². The van der Waals surface area contributed by atoms with Crippen LogP contribution in [0.3, 0.4) is 0 Å². The molecule has 0 bridgehead atoms. The lowest BCUT2D eigenvalue weighted by molar-refractivity contribution is -0.384. The van der Waals surface area contributed by atoms with Gasteiger partial charge in [0, 0.05) is 22.8 Å². The number of carbonyl (C=O) groups excluding carboxylic acids is 3. The van der Waals surface area contributed by atoms with Gasteiger partial charge in [-0.1, -0.05) is 6.07 Å². The normalized spacial score (nSPS) is 23.1. The van der Waals surface area contributed by atoms with Gasteiger partial charge in [0.15, 0.2) is 0 Å². The van der Waals surface area contributed by atoms with E-state index >= 15 is 0 Å². The fourth-order valence-electron chi connectivity index (χ4n) is 3.85. The summed E-state index contributed by atoms with van der Waals surface area (Å²) in [6, 6.07) is 8.18. The van der Waals surface area contributed by atoms with Gasteiger partial charge in [0.1, 0.15) is 18.0 Å². The number of ether oxygens (including phenoxy) is 1. The molecule has 2 fully saturated rings. The van der Waals surface area contributed by atoms with Crippen LogP contribution in [0.15, 0.2) is 41.8 Å². The highest BCUT2D eigenvalue weighted by molar-refractivity contribution is 8.00. The second kappa shape index (κ2) is 10.8. The van der Waals surface area contributed by atoms with Gasteiger partial charge in [-0.05, 0) is 36.1 Å². The Morgan fingerprint density at radius 3 is 2.62 bits per heavy atom. The third kappa shape index (κ3) is 5.95. The number of fused-ring (bicyclic) bond motifs is 1. The largest absolute Gasteiger partial charge is 0.459 e. The van der Waals surface area contributed by atoms with E-state index in [-0.39, 0.29) is 36.9 Å². The molecule has 1 aromatic carbocycles. The number of non-ortho nitro benzene ring substituents is 1. The number of nitrogens with one attached hydrogen (secondary N) is 1. The quantitative estimate of drug-likeness (QED) is 0.146. The van der Waals surface area contributed by atoms with Gasteiger partial charge in [-0.15, -0.1) is 23.1 Å². The number of rotatable bonds is 10. The lowest BCUT2D eigenvalue weighted by Gasteiger charge is -2.53. The summed E-state index contributed by atoms with van der Waals surface area (Å²) in [4.78, 5) is 50.8. The minimum Gasteiger partial charge on any atom is -0.459 e. The standard InChI is InChI=1S/C22H23N3O9S3/c1-2-37(31,32)34-22(21(28)33-11-14-5-7-15(8-6-14)25(29)30)12-24-19(27)18(20(24)36-13-22)23-17(26)10-16-4-3-9-35-16/h3-9,18,20H,2,10-13H2,1H3,(H,23,26)/t18?,20-,22?/m1/s1. The van der Waals surface area contributed by atoms with Crippen LogP contribution in [0.25, 0.3) is 0 Å². The molecule has 4 rings (SSSR count). The predicted octanol–water partition coefficient (Wildman–Crippen LogP) is 1.45. The Hall–Kier alpha value is -3.01.